The molecule has 0 bridgehead atoms. The van der Waals surface area contributed by atoms with Crippen LogP contribution in [0.4, 0.5) is 0 Å². The largest absolute Gasteiger partial charge is 0.310 e. The van der Waals surface area contributed by atoms with Crippen molar-refractivity contribution in [1.82, 2.24) is 0 Å². The molecule has 0 saturated heterocycles. The highest BCUT2D eigenvalue weighted by Crippen LogP contribution is 2.19. The van der Waals surface area contributed by atoms with Crippen molar-refractivity contribution < 1.29 is 4.18 Å². The fourth-order valence-corrected chi connectivity index (χ4v) is 1.50. The monoisotopic (exact) mass is 207 g/mol. The number of aryl methyl sites for hydroxylation is 1. The summed E-state index contributed by atoms with van der Waals surface area (Å²) in [6, 6.07) is 10.3. The topological polar surface area (TPSA) is 33.0 Å². The Morgan fingerprint density at radius 3 is 2.71 bits per heavy atom. The van der Waals surface area contributed by atoms with E-state index in [0.717, 1.165) is 11.3 Å². The molecular weight excluding hydrogens is 194 g/mol. The summed E-state index contributed by atoms with van der Waals surface area (Å²) in [5, 5.41) is 8.30. The second-order valence-electron chi connectivity index (χ2n) is 2.98. The minimum atomic E-state index is 0.564. The first-order valence-corrected chi connectivity index (χ1v) is 5.30. The Morgan fingerprint density at radius 2 is 2.07 bits per heavy atom. The molecule has 0 radical (unpaired) electrons. The molecule has 0 saturated carbocycles. The molecule has 0 aliphatic carbocycles. The Labute approximate surface area is 89.1 Å². The van der Waals surface area contributed by atoms with E-state index >= 15 is 0 Å². The van der Waals surface area contributed by atoms with Gasteiger partial charge in [-0.3, -0.25) is 0 Å². The van der Waals surface area contributed by atoms with Gasteiger partial charge in [0.2, 0.25) is 0 Å². The van der Waals surface area contributed by atoms with E-state index in [4.69, 9.17) is 9.44 Å². The zero-order chi connectivity index (χ0) is 10.2. The van der Waals surface area contributed by atoms with Crippen LogP contribution in [-0.4, -0.2) is 6.61 Å². The highest BCUT2D eigenvalue weighted by atomic mass is 32.2. The molecule has 0 spiro atoms. The third-order valence-electron chi connectivity index (χ3n) is 1.69. The molecule has 1 aromatic rings. The van der Waals surface area contributed by atoms with Gasteiger partial charge in [0, 0.05) is 23.4 Å². The van der Waals surface area contributed by atoms with Crippen LogP contribution in [0.5, 0.6) is 0 Å². The number of hydrogen-bond donors (Lipinski definition) is 0. The highest BCUT2D eigenvalue weighted by molar-refractivity contribution is 7.94. The lowest BCUT2D eigenvalue weighted by atomic mass is 10.2. The van der Waals surface area contributed by atoms with E-state index in [1.54, 1.807) is 0 Å². The lowest BCUT2D eigenvalue weighted by Gasteiger charge is -2.01. The van der Waals surface area contributed by atoms with Gasteiger partial charge in [0.15, 0.2) is 0 Å². The van der Waals surface area contributed by atoms with Gasteiger partial charge in [-0.2, -0.15) is 5.26 Å². The van der Waals surface area contributed by atoms with Crippen molar-refractivity contribution in [2.24, 2.45) is 0 Å². The third kappa shape index (κ3) is 4.31. The second-order valence-corrected chi connectivity index (χ2v) is 3.85. The first-order chi connectivity index (χ1) is 6.83. The number of nitriles is 1. The van der Waals surface area contributed by atoms with Gasteiger partial charge in [-0.05, 0) is 25.5 Å². The maximum atomic E-state index is 8.30. The molecule has 0 atom stereocenters. The Kier molecular flexibility index (Phi) is 5.13. The summed E-state index contributed by atoms with van der Waals surface area (Å²) in [6.07, 6.45) is 1.36. The maximum absolute atomic E-state index is 8.30. The van der Waals surface area contributed by atoms with Crippen LogP contribution < -0.4 is 0 Å². The van der Waals surface area contributed by atoms with Crippen molar-refractivity contribution in [2.45, 2.75) is 24.7 Å². The van der Waals surface area contributed by atoms with Crippen LogP contribution in [0.15, 0.2) is 29.2 Å². The van der Waals surface area contributed by atoms with Crippen molar-refractivity contribution in [1.29, 1.82) is 5.26 Å². The van der Waals surface area contributed by atoms with Gasteiger partial charge >= 0.3 is 0 Å². The van der Waals surface area contributed by atoms with Crippen LogP contribution in [0.25, 0.3) is 0 Å². The van der Waals surface area contributed by atoms with E-state index in [2.05, 4.69) is 25.1 Å². The van der Waals surface area contributed by atoms with Crippen LogP contribution in [0.1, 0.15) is 18.4 Å². The summed E-state index contributed by atoms with van der Waals surface area (Å²) < 4.78 is 5.33. The molecule has 0 aliphatic heterocycles. The predicted molar refractivity (Wildman–Crippen MR) is 57.8 cm³/mol. The Balaban J connectivity index is 2.19. The molecule has 3 heteroatoms. The minimum absolute atomic E-state index is 0.564. The van der Waals surface area contributed by atoms with Crippen LogP contribution in [0.3, 0.4) is 0 Å². The Morgan fingerprint density at radius 1 is 1.36 bits per heavy atom. The lowest BCUT2D eigenvalue weighted by molar-refractivity contribution is 0.367. The summed E-state index contributed by atoms with van der Waals surface area (Å²) in [6.45, 7) is 2.69. The van der Waals surface area contributed by atoms with Crippen molar-refractivity contribution in [3.8, 4) is 6.07 Å². The molecule has 0 heterocycles. The minimum Gasteiger partial charge on any atom is -0.310 e. The van der Waals surface area contributed by atoms with Crippen LogP contribution in [-0.2, 0) is 4.18 Å². The summed E-state index contributed by atoms with van der Waals surface area (Å²) in [5.74, 6) is 0. The molecule has 1 aromatic carbocycles. The summed E-state index contributed by atoms with van der Waals surface area (Å²) in [4.78, 5) is 1.10. The number of rotatable bonds is 5. The Bertz CT molecular complexity index is 302. The predicted octanol–water partition coefficient (Wildman–Crippen LogP) is 3.32. The zero-order valence-electron chi connectivity index (χ0n) is 8.19. The molecule has 0 amide bonds. The molecular formula is C11H13NOS. The van der Waals surface area contributed by atoms with Gasteiger partial charge in [0.25, 0.3) is 0 Å². The molecule has 0 N–H and O–H groups in total. The third-order valence-corrected chi connectivity index (χ3v) is 2.44. The van der Waals surface area contributed by atoms with Gasteiger partial charge in [-0.15, -0.1) is 0 Å². The zero-order valence-corrected chi connectivity index (χ0v) is 9.01. The van der Waals surface area contributed by atoms with E-state index in [1.807, 2.05) is 12.1 Å². The van der Waals surface area contributed by atoms with Crippen molar-refractivity contribution in [2.75, 3.05) is 6.61 Å². The molecule has 0 unspecified atom stereocenters. The smallest absolute Gasteiger partial charge is 0.0628 e. The van der Waals surface area contributed by atoms with Gasteiger partial charge in [0.1, 0.15) is 0 Å². The van der Waals surface area contributed by atoms with Crippen LogP contribution >= 0.6 is 12.0 Å². The van der Waals surface area contributed by atoms with Crippen LogP contribution in [0, 0.1) is 18.3 Å². The normalized spacial score (nSPS) is 9.71. The first kappa shape index (κ1) is 11.1. The van der Waals surface area contributed by atoms with E-state index < -0.39 is 0 Å². The fraction of sp³-hybridized carbons (Fsp3) is 0.364. The molecule has 2 nitrogen and oxygen atoms in total. The fourth-order valence-electron chi connectivity index (χ4n) is 0.914. The number of unbranched alkanes of at least 4 members (excludes halogenated alkanes) is 1. The molecule has 0 aliphatic rings. The molecule has 74 valence electrons. The standard InChI is InChI=1S/C11H13NOS/c1-10-4-6-11(7-5-10)14-13-9-3-2-8-12/h4-7H,2-3,9H2,1H3. The van der Waals surface area contributed by atoms with E-state index in [0.29, 0.717) is 13.0 Å². The molecule has 1 rings (SSSR count). The lowest BCUT2D eigenvalue weighted by Crippen LogP contribution is -1.85. The van der Waals surface area contributed by atoms with Gasteiger partial charge in [-0.25, -0.2) is 0 Å². The summed E-state index contributed by atoms with van der Waals surface area (Å²) >= 11 is 1.37. The SMILES string of the molecule is Cc1ccc(SOCCCC#N)cc1. The van der Waals surface area contributed by atoms with Crippen LogP contribution in [0.2, 0.25) is 0 Å². The van der Waals surface area contributed by atoms with Gasteiger partial charge in [-0.1, -0.05) is 17.7 Å². The Hall–Kier alpha value is -0.980. The van der Waals surface area contributed by atoms with E-state index in [-0.39, 0.29) is 0 Å². The van der Waals surface area contributed by atoms with Crippen molar-refractivity contribution >= 4 is 12.0 Å². The average Bonchev–Trinajstić information content (AvgIpc) is 2.21. The molecule has 0 aromatic heterocycles. The molecule has 0 fully saturated rings. The second kappa shape index (κ2) is 6.47. The first-order valence-electron chi connectivity index (χ1n) is 4.56. The summed E-state index contributed by atoms with van der Waals surface area (Å²) in [7, 11) is 0. The van der Waals surface area contributed by atoms with Gasteiger partial charge in [0.05, 0.1) is 12.7 Å². The van der Waals surface area contributed by atoms with E-state index in [9.17, 15) is 0 Å². The number of nitrogens with zero attached hydrogens (tertiary/aromatic N) is 1. The molecule has 14 heavy (non-hydrogen) atoms. The van der Waals surface area contributed by atoms with Gasteiger partial charge < -0.3 is 4.18 Å². The number of hydrogen-bond acceptors (Lipinski definition) is 3. The maximum Gasteiger partial charge on any atom is 0.0628 e. The quantitative estimate of drug-likeness (QED) is 0.548. The van der Waals surface area contributed by atoms with E-state index in [1.165, 1.54) is 17.6 Å². The van der Waals surface area contributed by atoms with Crippen molar-refractivity contribution in [3.63, 3.8) is 0 Å². The summed E-state index contributed by atoms with van der Waals surface area (Å²) in [5.41, 5.74) is 1.25. The van der Waals surface area contributed by atoms with Crippen molar-refractivity contribution in [3.05, 3.63) is 29.8 Å². The number of benzene rings is 1. The average molecular weight is 207 g/mol. The highest BCUT2D eigenvalue weighted by Gasteiger charge is 1.94.